The molecule has 0 atom stereocenters. The van der Waals surface area contributed by atoms with Gasteiger partial charge in [0.1, 0.15) is 17.2 Å². The van der Waals surface area contributed by atoms with Crippen LogP contribution in [0.15, 0.2) is 15.0 Å². The highest BCUT2D eigenvalue weighted by Gasteiger charge is 2.20. The number of phenolic OH excluding ortho intramolecular Hbond substituents is 3. The quantitative estimate of drug-likeness (QED) is 0.431. The first kappa shape index (κ1) is 25.5. The molecule has 0 bridgehead atoms. The van der Waals surface area contributed by atoms with E-state index in [0.29, 0.717) is 19.6 Å². The van der Waals surface area contributed by atoms with E-state index in [1.54, 1.807) is 0 Å². The highest BCUT2D eigenvalue weighted by atomic mass is 16.3. The Bertz CT molecular complexity index is 637. The molecule has 0 aromatic heterocycles. The number of phenols is 3. The predicted molar refractivity (Wildman–Crippen MR) is 124 cm³/mol. The van der Waals surface area contributed by atoms with Gasteiger partial charge in [0.2, 0.25) is 0 Å². The fraction of sp³-hybridized carbons (Fsp3) is 0.571. The van der Waals surface area contributed by atoms with Crippen molar-refractivity contribution in [1.82, 2.24) is 14.7 Å². The largest absolute Gasteiger partial charge is 0.506 e. The van der Waals surface area contributed by atoms with Gasteiger partial charge in [-0.05, 0) is 42.3 Å². The molecule has 0 amide bonds. The molecule has 0 saturated heterocycles. The molecule has 0 unspecified atom stereocenters. The van der Waals surface area contributed by atoms with Gasteiger partial charge in [0.25, 0.3) is 0 Å². The molecular weight excluding hydrogens is 384 g/mol. The van der Waals surface area contributed by atoms with Gasteiger partial charge in [-0.15, -0.1) is 0 Å². The summed E-state index contributed by atoms with van der Waals surface area (Å²) in [6.07, 6.45) is 4.26. The van der Waals surface area contributed by atoms with Crippen molar-refractivity contribution in [3.05, 3.63) is 16.7 Å². The SMILES string of the molecule is CN(C)CCN=Cc1c(O)c(C=NCCN(C)C)c(O)c(C=NCCN(C)C)c1O. The molecule has 0 aliphatic heterocycles. The van der Waals surface area contributed by atoms with E-state index >= 15 is 0 Å². The van der Waals surface area contributed by atoms with E-state index in [2.05, 4.69) is 15.0 Å². The number of aliphatic imine (C=N–C) groups is 3. The topological polar surface area (TPSA) is 107 Å². The van der Waals surface area contributed by atoms with Gasteiger partial charge in [0, 0.05) is 38.3 Å². The van der Waals surface area contributed by atoms with Gasteiger partial charge < -0.3 is 30.0 Å². The normalized spacial score (nSPS) is 12.7. The van der Waals surface area contributed by atoms with Crippen molar-refractivity contribution < 1.29 is 15.3 Å². The van der Waals surface area contributed by atoms with Gasteiger partial charge in [-0.25, -0.2) is 0 Å². The van der Waals surface area contributed by atoms with Crippen molar-refractivity contribution >= 4 is 18.6 Å². The van der Waals surface area contributed by atoms with E-state index in [4.69, 9.17) is 0 Å². The number of benzene rings is 1. The molecule has 0 heterocycles. The Morgan fingerprint density at radius 1 is 0.533 bits per heavy atom. The maximum atomic E-state index is 10.7. The molecular formula is C21H36N6O3. The molecule has 9 nitrogen and oxygen atoms in total. The monoisotopic (exact) mass is 420 g/mol. The first-order chi connectivity index (χ1) is 14.1. The lowest BCUT2D eigenvalue weighted by molar-refractivity contribution is 0.419. The van der Waals surface area contributed by atoms with Crippen molar-refractivity contribution in [3.63, 3.8) is 0 Å². The Balaban J connectivity index is 3.29. The van der Waals surface area contributed by atoms with Crippen LogP contribution in [0.4, 0.5) is 0 Å². The Hall–Kier alpha value is -2.49. The van der Waals surface area contributed by atoms with Crippen molar-refractivity contribution in [3.8, 4) is 17.2 Å². The second-order valence-electron chi connectivity index (χ2n) is 7.80. The summed E-state index contributed by atoms with van der Waals surface area (Å²) < 4.78 is 0. The Kier molecular flexibility index (Phi) is 11.0. The van der Waals surface area contributed by atoms with Crippen molar-refractivity contribution in [2.24, 2.45) is 15.0 Å². The Morgan fingerprint density at radius 3 is 0.967 bits per heavy atom. The summed E-state index contributed by atoms with van der Waals surface area (Å²) in [5, 5.41) is 32.0. The average Bonchev–Trinajstić information content (AvgIpc) is 2.65. The second kappa shape index (κ2) is 12.9. The minimum absolute atomic E-state index is 0.134. The van der Waals surface area contributed by atoms with E-state index in [-0.39, 0.29) is 33.9 Å². The van der Waals surface area contributed by atoms with Crippen LogP contribution in [-0.4, -0.2) is 130 Å². The summed E-state index contributed by atoms with van der Waals surface area (Å²) in [6, 6.07) is 0. The van der Waals surface area contributed by atoms with Crippen LogP contribution in [0.5, 0.6) is 17.2 Å². The molecule has 1 aromatic carbocycles. The molecule has 0 saturated carbocycles. The molecule has 0 radical (unpaired) electrons. The van der Waals surface area contributed by atoms with Crippen molar-refractivity contribution in [2.75, 3.05) is 81.6 Å². The fourth-order valence-electron chi connectivity index (χ4n) is 2.38. The molecule has 0 fully saturated rings. The van der Waals surface area contributed by atoms with Crippen LogP contribution in [0.2, 0.25) is 0 Å². The molecule has 9 heteroatoms. The second-order valence-corrected chi connectivity index (χ2v) is 7.80. The van der Waals surface area contributed by atoms with Crippen LogP contribution in [0, 0.1) is 0 Å². The number of rotatable bonds is 12. The number of nitrogens with zero attached hydrogens (tertiary/aromatic N) is 6. The third-order valence-electron chi connectivity index (χ3n) is 4.22. The summed E-state index contributed by atoms with van der Waals surface area (Å²) in [4.78, 5) is 18.8. The minimum Gasteiger partial charge on any atom is -0.506 e. The summed E-state index contributed by atoms with van der Waals surface area (Å²) in [5.74, 6) is -0.798. The van der Waals surface area contributed by atoms with E-state index in [0.717, 1.165) is 19.6 Å². The minimum atomic E-state index is -0.266. The van der Waals surface area contributed by atoms with Gasteiger partial charge >= 0.3 is 0 Å². The lowest BCUT2D eigenvalue weighted by Gasteiger charge is -2.13. The maximum Gasteiger partial charge on any atom is 0.140 e. The lowest BCUT2D eigenvalue weighted by atomic mass is 10.0. The molecule has 30 heavy (non-hydrogen) atoms. The average molecular weight is 421 g/mol. The molecule has 0 spiro atoms. The Labute approximate surface area is 179 Å². The summed E-state index contributed by atoms with van der Waals surface area (Å²) in [5.41, 5.74) is 0.402. The zero-order valence-corrected chi connectivity index (χ0v) is 19.0. The summed E-state index contributed by atoms with van der Waals surface area (Å²) >= 11 is 0. The first-order valence-corrected chi connectivity index (χ1v) is 9.89. The van der Waals surface area contributed by atoms with Gasteiger partial charge in [-0.1, -0.05) is 0 Å². The number of hydrogen-bond donors (Lipinski definition) is 3. The van der Waals surface area contributed by atoms with E-state index < -0.39 is 0 Å². The van der Waals surface area contributed by atoms with Crippen LogP contribution in [0.3, 0.4) is 0 Å². The third-order valence-corrected chi connectivity index (χ3v) is 4.22. The van der Waals surface area contributed by atoms with Gasteiger partial charge in [-0.3, -0.25) is 15.0 Å². The van der Waals surface area contributed by atoms with Crippen molar-refractivity contribution in [1.29, 1.82) is 0 Å². The summed E-state index contributed by atoms with van der Waals surface area (Å²) in [7, 11) is 11.6. The molecule has 168 valence electrons. The van der Waals surface area contributed by atoms with E-state index in [9.17, 15) is 15.3 Å². The van der Waals surface area contributed by atoms with Gasteiger partial charge in [0.15, 0.2) is 0 Å². The van der Waals surface area contributed by atoms with E-state index in [1.165, 1.54) is 18.6 Å². The Morgan fingerprint density at radius 2 is 0.767 bits per heavy atom. The fourth-order valence-corrected chi connectivity index (χ4v) is 2.38. The molecule has 3 N–H and O–H groups in total. The van der Waals surface area contributed by atoms with Crippen LogP contribution in [0.25, 0.3) is 0 Å². The standard InChI is InChI=1S/C21H36N6O3/c1-25(2)10-7-22-13-16-19(28)17(14-23-8-11-26(3)4)21(30)18(20(16)29)15-24-9-12-27(5)6/h13-15,28-30H,7-12H2,1-6H3. The summed E-state index contributed by atoms with van der Waals surface area (Å²) in [6.45, 7) is 3.71. The maximum absolute atomic E-state index is 10.7. The highest BCUT2D eigenvalue weighted by molar-refractivity contribution is 6.03. The molecule has 1 aromatic rings. The zero-order valence-electron chi connectivity index (χ0n) is 19.0. The highest BCUT2D eigenvalue weighted by Crippen LogP contribution is 2.39. The van der Waals surface area contributed by atoms with Gasteiger partial charge in [-0.2, -0.15) is 0 Å². The third kappa shape index (κ3) is 8.48. The number of aromatic hydroxyl groups is 3. The van der Waals surface area contributed by atoms with E-state index in [1.807, 2.05) is 57.0 Å². The molecule has 0 aliphatic carbocycles. The van der Waals surface area contributed by atoms with Crippen LogP contribution >= 0.6 is 0 Å². The van der Waals surface area contributed by atoms with Gasteiger partial charge in [0.05, 0.1) is 36.3 Å². The molecule has 0 aliphatic rings. The lowest BCUT2D eigenvalue weighted by Crippen LogP contribution is -2.15. The van der Waals surface area contributed by atoms with Crippen LogP contribution in [-0.2, 0) is 0 Å². The first-order valence-electron chi connectivity index (χ1n) is 9.89. The van der Waals surface area contributed by atoms with Crippen molar-refractivity contribution in [2.45, 2.75) is 0 Å². The van der Waals surface area contributed by atoms with Crippen LogP contribution < -0.4 is 0 Å². The predicted octanol–water partition coefficient (Wildman–Crippen LogP) is 0.745. The zero-order chi connectivity index (χ0) is 22.7. The van der Waals surface area contributed by atoms with Crippen LogP contribution in [0.1, 0.15) is 16.7 Å². The number of hydrogen-bond acceptors (Lipinski definition) is 9. The number of likely N-dealkylation sites (N-methyl/N-ethyl adjacent to an activating group) is 3. The smallest absolute Gasteiger partial charge is 0.140 e. The molecule has 1 rings (SSSR count).